The number of carbonyl (C=O) groups excluding carboxylic acids is 2. The molecule has 15 heteroatoms. The maximum Gasteiger partial charge on any atom is 0.472 e. The fraction of sp³-hybridized carbons (Fsp3) is 0.646. The highest BCUT2D eigenvalue weighted by Crippen LogP contribution is 2.43. The van der Waals surface area contributed by atoms with Crippen molar-refractivity contribution in [1.29, 1.82) is 0 Å². The van der Waals surface area contributed by atoms with Crippen LogP contribution < -0.4 is 11.5 Å². The lowest BCUT2D eigenvalue weighted by atomic mass is 10.1. The number of unbranched alkanes of at least 4 members (excludes halogenated alkanes) is 10. The first-order valence-corrected chi connectivity index (χ1v) is 25.5. The largest absolute Gasteiger partial charge is 0.481 e. The summed E-state index contributed by atoms with van der Waals surface area (Å²) < 4.78 is 32.8. The summed E-state index contributed by atoms with van der Waals surface area (Å²) in [5.74, 6) is -2.36. The molecule has 0 rings (SSSR count). The highest BCUT2D eigenvalue weighted by Gasteiger charge is 2.27. The first-order chi connectivity index (χ1) is 30.4. The number of carboxylic acids is 1. The van der Waals surface area contributed by atoms with Gasteiger partial charge < -0.3 is 36.0 Å². The number of hydrogen-bond acceptors (Lipinski definition) is 12. The van der Waals surface area contributed by atoms with Crippen LogP contribution in [-0.2, 0) is 37.5 Å². The summed E-state index contributed by atoms with van der Waals surface area (Å²) in [6.45, 7) is 3.04. The van der Waals surface area contributed by atoms with E-state index in [4.69, 9.17) is 35.1 Å². The highest BCUT2D eigenvalue weighted by atomic mass is 32.2. The van der Waals surface area contributed by atoms with E-state index in [-0.39, 0.29) is 44.6 Å². The van der Waals surface area contributed by atoms with Crippen molar-refractivity contribution < 1.29 is 52.6 Å². The first-order valence-electron chi connectivity index (χ1n) is 23.0. The molecule has 7 N–H and O–H groups in total. The molecule has 0 radical (unpaired) electrons. The molecule has 1 unspecified atom stereocenters. The second-order valence-corrected chi connectivity index (χ2v) is 17.8. The Hall–Kier alpha value is -3.07. The van der Waals surface area contributed by atoms with Gasteiger partial charge in [-0.3, -0.25) is 23.4 Å². The Morgan fingerprint density at radius 3 is 1.92 bits per heavy atom. The minimum absolute atomic E-state index is 0.0251. The van der Waals surface area contributed by atoms with Crippen LogP contribution in [0.2, 0.25) is 0 Å². The smallest absolute Gasteiger partial charge is 0.472 e. The van der Waals surface area contributed by atoms with Crippen molar-refractivity contribution in [2.45, 2.75) is 166 Å². The Bertz CT molecular complexity index is 1430. The van der Waals surface area contributed by atoms with E-state index in [9.17, 15) is 28.9 Å². The maximum absolute atomic E-state index is 13.0. The number of phosphoric acid groups is 1. The number of rotatable bonds is 42. The monoisotopic (exact) mass is 925 g/mol. The average Bonchev–Trinajstić information content (AvgIpc) is 3.25. The van der Waals surface area contributed by atoms with E-state index in [2.05, 4.69) is 50.3 Å². The number of carboxylic acid groups (broad SMARTS) is 1. The second-order valence-electron chi connectivity index (χ2n) is 15.1. The Labute approximate surface area is 383 Å². The molecule has 0 amide bonds. The molecule has 63 heavy (non-hydrogen) atoms. The summed E-state index contributed by atoms with van der Waals surface area (Å²) >= 11 is 1.21. The van der Waals surface area contributed by atoms with Crippen LogP contribution in [0.1, 0.15) is 142 Å². The third kappa shape index (κ3) is 40.2. The molecular weight excluding hydrogens is 844 g/mol. The van der Waals surface area contributed by atoms with Gasteiger partial charge in [0.25, 0.3) is 0 Å². The number of aliphatic hydroxyl groups is 1. The molecule has 0 fully saturated rings. The van der Waals surface area contributed by atoms with E-state index in [0.29, 0.717) is 12.8 Å². The Morgan fingerprint density at radius 2 is 1.27 bits per heavy atom. The number of hydrogen-bond donors (Lipinski definition) is 5. The van der Waals surface area contributed by atoms with Gasteiger partial charge in [-0.15, -0.1) is 11.8 Å². The fourth-order valence-corrected chi connectivity index (χ4v) is 7.57. The predicted molar refractivity (Wildman–Crippen MR) is 257 cm³/mol. The molecule has 0 aliphatic carbocycles. The lowest BCUT2D eigenvalue weighted by Crippen LogP contribution is -2.38. The highest BCUT2D eigenvalue weighted by molar-refractivity contribution is 8.00. The van der Waals surface area contributed by atoms with Crippen LogP contribution >= 0.6 is 19.6 Å². The number of esters is 2. The van der Waals surface area contributed by atoms with Crippen LogP contribution in [0.5, 0.6) is 0 Å². The molecule has 5 atom stereocenters. The third-order valence-electron chi connectivity index (χ3n) is 9.25. The quantitative estimate of drug-likeness (QED) is 0.0127. The van der Waals surface area contributed by atoms with Crippen LogP contribution in [0.3, 0.4) is 0 Å². The molecule has 13 nitrogen and oxygen atoms in total. The Morgan fingerprint density at radius 1 is 0.698 bits per heavy atom. The summed E-state index contributed by atoms with van der Waals surface area (Å²) in [6.07, 6.45) is 43.8. The SMILES string of the molecule is CCCCC/C=C\C\C=C/C=C/C=C/[C@@H](SC[C@H](N)C(=O)OC[C@H](COP(=O)(O)OCCN)OC(=O)CCC/C=C\C/C=C\C/C=C\CCCCCCCC)[C@@H](O)CCCC(=O)O. The van der Waals surface area contributed by atoms with Crippen molar-refractivity contribution >= 4 is 37.5 Å². The Balaban J connectivity index is 5.12. The molecule has 0 aromatic rings. The second kappa shape index (κ2) is 42.9. The van der Waals surface area contributed by atoms with Gasteiger partial charge in [0.05, 0.1) is 19.3 Å². The topological polar surface area (TPSA) is 218 Å². The predicted octanol–water partition coefficient (Wildman–Crippen LogP) is 10.1. The molecule has 0 heterocycles. The third-order valence-corrected chi connectivity index (χ3v) is 11.6. The molecule has 360 valence electrons. The number of nitrogens with two attached hydrogens (primary N) is 2. The molecule has 0 saturated carbocycles. The minimum Gasteiger partial charge on any atom is -0.481 e. The number of thioether (sulfide) groups is 1. The van der Waals surface area contributed by atoms with Crippen LogP contribution in [0.25, 0.3) is 0 Å². The fourth-order valence-electron chi connectivity index (χ4n) is 5.68. The lowest BCUT2D eigenvalue weighted by molar-refractivity contribution is -0.161. The van der Waals surface area contributed by atoms with E-state index in [1.165, 1.54) is 69.5 Å². The van der Waals surface area contributed by atoms with Gasteiger partial charge in [-0.25, -0.2) is 4.57 Å². The van der Waals surface area contributed by atoms with Gasteiger partial charge in [-0.1, -0.05) is 144 Å². The average molecular weight is 925 g/mol. The molecule has 0 spiro atoms. The van der Waals surface area contributed by atoms with Crippen molar-refractivity contribution in [3.8, 4) is 0 Å². The zero-order valence-corrected chi connectivity index (χ0v) is 39.9. The van der Waals surface area contributed by atoms with Gasteiger partial charge in [0.15, 0.2) is 6.10 Å². The number of aliphatic carboxylic acids is 1. The van der Waals surface area contributed by atoms with E-state index in [1.54, 1.807) is 12.2 Å². The van der Waals surface area contributed by atoms with E-state index in [0.717, 1.165) is 32.1 Å². The summed E-state index contributed by atoms with van der Waals surface area (Å²) in [7, 11) is -4.53. The Kier molecular flexibility index (Phi) is 40.8. The van der Waals surface area contributed by atoms with Crippen LogP contribution in [0.4, 0.5) is 0 Å². The van der Waals surface area contributed by atoms with Crippen LogP contribution in [0.15, 0.2) is 85.1 Å². The van der Waals surface area contributed by atoms with Gasteiger partial charge >= 0.3 is 25.7 Å². The molecule has 0 aliphatic rings. The van der Waals surface area contributed by atoms with Crippen LogP contribution in [0, 0.1) is 0 Å². The number of phosphoric ester groups is 1. The van der Waals surface area contributed by atoms with Gasteiger partial charge in [0, 0.05) is 30.4 Å². The van der Waals surface area contributed by atoms with Crippen molar-refractivity contribution in [3.05, 3.63) is 85.1 Å². The van der Waals surface area contributed by atoms with Gasteiger partial charge in [0.2, 0.25) is 0 Å². The standard InChI is InChI=1S/C48H81N2O11PS/c1-3-5-7-9-11-13-15-17-18-19-20-21-23-25-27-29-31-36-47(54)61-42(40-60-62(56,57)59-38-37-49)39-58-48(55)43(50)41-63-45(44(51)33-32-35-46(52)53)34-30-28-26-24-22-16-14-12-10-8-6-4-2/h12,14,17-18,20-22,24-28,30,34,42-45,51H,3-11,13,15-16,19,23,29,31-33,35-41,49-50H2,1-2H3,(H,52,53)(H,56,57)/b14-12-,18-17-,21-20-,24-22-,27-25-,28-26+,34-30+/t42-,43+,44+,45-/m1/s1. The number of allylic oxidation sites excluding steroid dienone is 13. The van der Waals surface area contributed by atoms with Gasteiger partial charge in [-0.05, 0) is 70.6 Å². The van der Waals surface area contributed by atoms with E-state index in [1.807, 2.05) is 36.5 Å². The van der Waals surface area contributed by atoms with Gasteiger partial charge in [0.1, 0.15) is 12.6 Å². The first kappa shape index (κ1) is 59.9. The number of ether oxygens (including phenoxy) is 2. The summed E-state index contributed by atoms with van der Waals surface area (Å²) in [6, 6.07) is -1.15. The summed E-state index contributed by atoms with van der Waals surface area (Å²) in [4.78, 5) is 46.7. The summed E-state index contributed by atoms with van der Waals surface area (Å²) in [5.41, 5.74) is 11.5. The van der Waals surface area contributed by atoms with E-state index < -0.39 is 62.4 Å². The maximum atomic E-state index is 13.0. The number of carbonyl (C=O) groups is 3. The van der Waals surface area contributed by atoms with Crippen molar-refractivity contribution in [2.75, 3.05) is 32.1 Å². The molecule has 0 aromatic carbocycles. The zero-order chi connectivity index (χ0) is 46.7. The zero-order valence-electron chi connectivity index (χ0n) is 38.2. The molecule has 0 aliphatic heterocycles. The molecular formula is C48H81N2O11PS. The summed E-state index contributed by atoms with van der Waals surface area (Å²) in [5, 5.41) is 19.4. The lowest BCUT2D eigenvalue weighted by Gasteiger charge is -2.22. The normalized spacial score (nSPS) is 15.4. The number of aliphatic hydroxyl groups excluding tert-OH is 1. The van der Waals surface area contributed by atoms with E-state index >= 15 is 0 Å². The minimum atomic E-state index is -4.53. The van der Waals surface area contributed by atoms with Crippen molar-refractivity contribution in [1.82, 2.24) is 0 Å². The molecule has 0 aromatic heterocycles. The molecule has 0 bridgehead atoms. The van der Waals surface area contributed by atoms with Gasteiger partial charge in [-0.2, -0.15) is 0 Å². The van der Waals surface area contributed by atoms with Crippen LogP contribution in [-0.4, -0.2) is 88.6 Å². The van der Waals surface area contributed by atoms with Crippen molar-refractivity contribution in [3.63, 3.8) is 0 Å². The molecule has 0 saturated heterocycles. The van der Waals surface area contributed by atoms with Crippen molar-refractivity contribution in [2.24, 2.45) is 11.5 Å².